The number of carbonyl (C=O) groups excluding carboxylic acids is 2. The van der Waals surface area contributed by atoms with Crippen LogP contribution in [0.1, 0.15) is 33.8 Å². The smallest absolute Gasteiger partial charge is 0.337 e. The number of esters is 1. The van der Waals surface area contributed by atoms with Gasteiger partial charge in [0.15, 0.2) is 5.82 Å². The first kappa shape index (κ1) is 17.8. The highest BCUT2D eigenvalue weighted by Gasteiger charge is 2.31. The topological polar surface area (TPSA) is 73.2 Å². The molecule has 1 aromatic heterocycles. The van der Waals surface area contributed by atoms with E-state index in [0.29, 0.717) is 16.9 Å². The zero-order chi connectivity index (χ0) is 19.8. The van der Waals surface area contributed by atoms with Crippen LogP contribution in [0, 0.1) is 11.6 Å². The Morgan fingerprint density at radius 2 is 1.96 bits per heavy atom. The largest absolute Gasteiger partial charge is 0.465 e. The van der Waals surface area contributed by atoms with Gasteiger partial charge >= 0.3 is 5.97 Å². The molecule has 3 aromatic rings. The van der Waals surface area contributed by atoms with E-state index in [1.165, 1.54) is 17.9 Å². The predicted octanol–water partition coefficient (Wildman–Crippen LogP) is 3.41. The molecule has 0 spiro atoms. The molecule has 0 fully saturated rings. The average molecular weight is 383 g/mol. The molecule has 1 N–H and O–H groups in total. The van der Waals surface area contributed by atoms with Crippen LogP contribution in [0.3, 0.4) is 0 Å². The summed E-state index contributed by atoms with van der Waals surface area (Å²) in [6, 6.07) is 9.88. The molecule has 1 atom stereocenters. The monoisotopic (exact) mass is 383 g/mol. The Labute approximate surface area is 158 Å². The second-order valence-electron chi connectivity index (χ2n) is 6.37. The van der Waals surface area contributed by atoms with Crippen LogP contribution in [0.15, 0.2) is 48.7 Å². The van der Waals surface area contributed by atoms with E-state index in [0.717, 1.165) is 17.7 Å². The molecule has 0 saturated carbocycles. The third-order valence-corrected chi connectivity index (χ3v) is 4.69. The van der Waals surface area contributed by atoms with E-state index in [-0.39, 0.29) is 23.9 Å². The van der Waals surface area contributed by atoms with Crippen LogP contribution in [0.5, 0.6) is 0 Å². The average Bonchev–Trinajstić information content (AvgIpc) is 3.10. The number of ether oxygens (including phenoxy) is 1. The van der Waals surface area contributed by atoms with Gasteiger partial charge in [-0.2, -0.15) is 5.10 Å². The van der Waals surface area contributed by atoms with Crippen LogP contribution >= 0.6 is 0 Å². The van der Waals surface area contributed by atoms with E-state index in [1.54, 1.807) is 30.5 Å². The number of aromatic nitrogens is 2. The number of carbonyl (C=O) groups is 2. The van der Waals surface area contributed by atoms with E-state index < -0.39 is 17.6 Å². The number of benzene rings is 2. The summed E-state index contributed by atoms with van der Waals surface area (Å²) in [6.45, 7) is 0. The Morgan fingerprint density at radius 3 is 2.64 bits per heavy atom. The number of fused-ring (bicyclic) bond motifs is 1. The third-order valence-electron chi connectivity index (χ3n) is 4.69. The summed E-state index contributed by atoms with van der Waals surface area (Å²) < 4.78 is 33.3. The predicted molar refractivity (Wildman–Crippen MR) is 96.4 cm³/mol. The molecule has 0 aliphatic carbocycles. The minimum atomic E-state index is -0.787. The van der Waals surface area contributed by atoms with Gasteiger partial charge in [-0.15, -0.1) is 0 Å². The zero-order valence-electron chi connectivity index (χ0n) is 14.8. The second kappa shape index (κ2) is 6.88. The Hall–Kier alpha value is -3.55. The lowest BCUT2D eigenvalue weighted by Crippen LogP contribution is -2.24. The number of hydrogen-bond acceptors (Lipinski definition) is 4. The summed E-state index contributed by atoms with van der Waals surface area (Å²) in [7, 11) is 1.30. The van der Waals surface area contributed by atoms with Crippen LogP contribution in [-0.4, -0.2) is 28.8 Å². The van der Waals surface area contributed by atoms with Gasteiger partial charge in [0.1, 0.15) is 17.3 Å². The second-order valence-corrected chi connectivity index (χ2v) is 6.37. The molecule has 1 aliphatic rings. The molecule has 1 amide bonds. The lowest BCUT2D eigenvalue weighted by Gasteiger charge is -2.24. The Morgan fingerprint density at radius 1 is 1.21 bits per heavy atom. The molecule has 6 nitrogen and oxygen atoms in total. The van der Waals surface area contributed by atoms with E-state index in [9.17, 15) is 18.4 Å². The first-order valence-electron chi connectivity index (χ1n) is 8.49. The summed E-state index contributed by atoms with van der Waals surface area (Å²) in [5.41, 5.74) is 1.94. The lowest BCUT2D eigenvalue weighted by atomic mass is 9.87. The van der Waals surface area contributed by atoms with Crippen LogP contribution in [0.4, 0.5) is 14.6 Å². The number of amides is 1. The highest BCUT2D eigenvalue weighted by atomic mass is 19.1. The molecule has 1 unspecified atom stereocenters. The van der Waals surface area contributed by atoms with E-state index in [2.05, 4.69) is 15.2 Å². The van der Waals surface area contributed by atoms with Crippen molar-refractivity contribution in [2.75, 3.05) is 12.4 Å². The van der Waals surface area contributed by atoms with Crippen molar-refractivity contribution in [1.82, 2.24) is 9.78 Å². The van der Waals surface area contributed by atoms with Gasteiger partial charge < -0.3 is 10.1 Å². The van der Waals surface area contributed by atoms with Crippen molar-refractivity contribution in [2.24, 2.45) is 0 Å². The molecule has 8 heteroatoms. The molecule has 28 heavy (non-hydrogen) atoms. The number of nitrogens with one attached hydrogen (secondary N) is 1. The van der Waals surface area contributed by atoms with Crippen molar-refractivity contribution in [3.05, 3.63) is 77.0 Å². The highest BCUT2D eigenvalue weighted by molar-refractivity contribution is 5.95. The number of rotatable bonds is 3. The molecule has 0 saturated heterocycles. The van der Waals surface area contributed by atoms with Crippen LogP contribution < -0.4 is 5.32 Å². The summed E-state index contributed by atoms with van der Waals surface area (Å²) in [5.74, 6) is -2.16. The van der Waals surface area contributed by atoms with Gasteiger partial charge in [-0.05, 0) is 29.8 Å². The van der Waals surface area contributed by atoms with E-state index in [1.807, 2.05) is 0 Å². The van der Waals surface area contributed by atoms with Gasteiger partial charge in [0.25, 0.3) is 0 Å². The van der Waals surface area contributed by atoms with Crippen molar-refractivity contribution in [3.8, 4) is 5.69 Å². The number of hydrogen-bond donors (Lipinski definition) is 1. The van der Waals surface area contributed by atoms with Gasteiger partial charge in [0.2, 0.25) is 5.91 Å². The van der Waals surface area contributed by atoms with Crippen LogP contribution in [0.25, 0.3) is 5.69 Å². The molecule has 142 valence electrons. The fourth-order valence-electron chi connectivity index (χ4n) is 3.32. The van der Waals surface area contributed by atoms with E-state index >= 15 is 0 Å². The fourth-order valence-corrected chi connectivity index (χ4v) is 3.32. The first-order chi connectivity index (χ1) is 13.5. The molecule has 4 rings (SSSR count). The molecular formula is C20H15F2N3O3. The van der Waals surface area contributed by atoms with Crippen molar-refractivity contribution in [1.29, 1.82) is 0 Å². The van der Waals surface area contributed by atoms with Crippen molar-refractivity contribution in [2.45, 2.75) is 12.3 Å². The quantitative estimate of drug-likeness (QED) is 0.704. The van der Waals surface area contributed by atoms with E-state index in [4.69, 9.17) is 0 Å². The summed E-state index contributed by atoms with van der Waals surface area (Å²) >= 11 is 0. The molecule has 1 aliphatic heterocycles. The minimum absolute atomic E-state index is 0.0321. The summed E-state index contributed by atoms with van der Waals surface area (Å²) in [5, 5.41) is 6.91. The van der Waals surface area contributed by atoms with Crippen molar-refractivity contribution >= 4 is 17.7 Å². The molecule has 2 aromatic carbocycles. The maximum absolute atomic E-state index is 14.2. The van der Waals surface area contributed by atoms with Gasteiger partial charge in [-0.25, -0.2) is 18.3 Å². The Bertz CT molecular complexity index is 1080. The SMILES string of the molecule is COC(=O)c1ccc(C2CC(=O)Nc3c2cnn3-c2ccc(F)cc2F)cc1. The first-order valence-corrected chi connectivity index (χ1v) is 8.49. The van der Waals surface area contributed by atoms with Crippen LogP contribution in [0.2, 0.25) is 0 Å². The number of anilines is 1. The third kappa shape index (κ3) is 3.02. The van der Waals surface area contributed by atoms with Gasteiger partial charge in [0.05, 0.1) is 18.9 Å². The van der Waals surface area contributed by atoms with Crippen LogP contribution in [-0.2, 0) is 9.53 Å². The zero-order valence-corrected chi connectivity index (χ0v) is 14.8. The van der Waals surface area contributed by atoms with Gasteiger partial charge in [-0.1, -0.05) is 12.1 Å². The Kier molecular flexibility index (Phi) is 4.38. The Balaban J connectivity index is 1.75. The summed E-state index contributed by atoms with van der Waals surface area (Å²) in [6.07, 6.45) is 1.73. The highest BCUT2D eigenvalue weighted by Crippen LogP contribution is 2.38. The fraction of sp³-hybridized carbons (Fsp3) is 0.150. The lowest BCUT2D eigenvalue weighted by molar-refractivity contribution is -0.116. The molecule has 0 bridgehead atoms. The molecular weight excluding hydrogens is 368 g/mol. The number of nitrogens with zero attached hydrogens (tertiary/aromatic N) is 2. The molecule has 0 radical (unpaired) electrons. The number of halogens is 2. The molecule has 2 heterocycles. The normalized spacial score (nSPS) is 15.7. The van der Waals surface area contributed by atoms with Gasteiger partial charge in [-0.3, -0.25) is 4.79 Å². The van der Waals surface area contributed by atoms with Crippen molar-refractivity contribution < 1.29 is 23.1 Å². The standard InChI is InChI=1S/C20H15F2N3O3/c1-28-20(27)12-4-2-11(3-5-12)14-9-18(26)24-19-15(14)10-23-25(19)17-7-6-13(21)8-16(17)22/h2-8,10,14H,9H2,1H3,(H,24,26). The van der Waals surface area contributed by atoms with Gasteiger partial charge in [0, 0.05) is 24.0 Å². The summed E-state index contributed by atoms with van der Waals surface area (Å²) in [4.78, 5) is 23.9. The number of methoxy groups -OCH3 is 1. The maximum Gasteiger partial charge on any atom is 0.337 e. The van der Waals surface area contributed by atoms with Crippen molar-refractivity contribution in [3.63, 3.8) is 0 Å². The minimum Gasteiger partial charge on any atom is -0.465 e. The maximum atomic E-state index is 14.2.